The molecule has 4 rings (SSSR count). The van der Waals surface area contributed by atoms with E-state index < -0.39 is 11.7 Å². The van der Waals surface area contributed by atoms with Crippen LogP contribution in [0.5, 0.6) is 0 Å². The summed E-state index contributed by atoms with van der Waals surface area (Å²) in [6.07, 6.45) is 0.135. The summed E-state index contributed by atoms with van der Waals surface area (Å²) in [6, 6.07) is 16.9. The monoisotopic (exact) mass is 441 g/mol. The molecule has 0 bridgehead atoms. The zero-order valence-corrected chi connectivity index (χ0v) is 16.7. The molecule has 4 aromatic rings. The largest absolute Gasteiger partial charge is 0.416 e. The molecule has 2 aromatic heterocycles. The van der Waals surface area contributed by atoms with Crippen LogP contribution < -0.4 is 5.32 Å². The average Bonchev–Trinajstić information content (AvgIpc) is 3.14. The number of halogens is 4. The van der Waals surface area contributed by atoms with Crippen molar-refractivity contribution >= 4 is 28.6 Å². The van der Waals surface area contributed by atoms with Crippen molar-refractivity contribution in [2.75, 3.05) is 5.32 Å². The Kier molecular flexibility index (Phi) is 5.52. The molecule has 0 fully saturated rings. The Bertz CT molecular complexity index is 1260. The van der Waals surface area contributed by atoms with E-state index in [9.17, 15) is 18.0 Å². The third-order valence-corrected chi connectivity index (χ3v) is 4.83. The van der Waals surface area contributed by atoms with Crippen molar-refractivity contribution in [3.63, 3.8) is 0 Å². The predicted octanol–water partition coefficient (Wildman–Crippen LogP) is 6.48. The number of pyridine rings is 1. The van der Waals surface area contributed by atoms with Gasteiger partial charge in [-0.3, -0.25) is 9.20 Å². The summed E-state index contributed by atoms with van der Waals surface area (Å²) in [5.74, 6) is 0.0371. The lowest BCUT2D eigenvalue weighted by Crippen LogP contribution is -2.04. The number of anilines is 1. The molecule has 0 saturated carbocycles. The molecule has 2 heterocycles. The molecule has 0 aliphatic heterocycles. The number of benzene rings is 2. The Hall–Kier alpha value is -3.58. The van der Waals surface area contributed by atoms with Gasteiger partial charge >= 0.3 is 6.18 Å². The molecule has 0 aliphatic rings. The van der Waals surface area contributed by atoms with E-state index in [-0.39, 0.29) is 11.5 Å². The number of allylic oxidation sites excluding steroid dienone is 1. The van der Waals surface area contributed by atoms with E-state index in [1.807, 2.05) is 0 Å². The van der Waals surface area contributed by atoms with Gasteiger partial charge in [-0.1, -0.05) is 29.8 Å². The van der Waals surface area contributed by atoms with Gasteiger partial charge in [-0.15, -0.1) is 0 Å². The Morgan fingerprint density at radius 2 is 1.71 bits per heavy atom. The maximum atomic E-state index is 12.9. The van der Waals surface area contributed by atoms with E-state index in [1.54, 1.807) is 53.1 Å². The first-order valence-corrected chi connectivity index (χ1v) is 9.58. The number of ketones is 1. The third kappa shape index (κ3) is 4.46. The summed E-state index contributed by atoms with van der Waals surface area (Å²) in [5, 5.41) is 3.58. The molecule has 1 N–H and O–H groups in total. The van der Waals surface area contributed by atoms with Gasteiger partial charge in [-0.05, 0) is 48.5 Å². The number of imidazole rings is 1. The van der Waals surface area contributed by atoms with Gasteiger partial charge in [0, 0.05) is 34.7 Å². The van der Waals surface area contributed by atoms with Crippen molar-refractivity contribution in [2.24, 2.45) is 0 Å². The summed E-state index contributed by atoms with van der Waals surface area (Å²) in [7, 11) is 0. The Balaban J connectivity index is 1.64. The lowest BCUT2D eigenvalue weighted by Gasteiger charge is -2.07. The highest BCUT2D eigenvalue weighted by Gasteiger charge is 2.30. The van der Waals surface area contributed by atoms with Crippen LogP contribution in [0.25, 0.3) is 16.9 Å². The van der Waals surface area contributed by atoms with Gasteiger partial charge in [0.2, 0.25) is 5.78 Å². The number of nitrogens with zero attached hydrogens (tertiary/aromatic N) is 2. The van der Waals surface area contributed by atoms with Crippen molar-refractivity contribution in [1.82, 2.24) is 9.38 Å². The van der Waals surface area contributed by atoms with Crippen LogP contribution in [0.3, 0.4) is 0 Å². The fraction of sp³-hybridized carbons (Fsp3) is 0.0435. The molecule has 31 heavy (non-hydrogen) atoms. The van der Waals surface area contributed by atoms with E-state index >= 15 is 0 Å². The first-order chi connectivity index (χ1) is 14.8. The van der Waals surface area contributed by atoms with Crippen molar-refractivity contribution in [3.8, 4) is 11.4 Å². The first-order valence-electron chi connectivity index (χ1n) is 9.20. The van der Waals surface area contributed by atoms with Gasteiger partial charge in [-0.25, -0.2) is 4.98 Å². The highest BCUT2D eigenvalue weighted by Crippen LogP contribution is 2.31. The topological polar surface area (TPSA) is 46.4 Å². The Morgan fingerprint density at radius 3 is 2.39 bits per heavy atom. The van der Waals surface area contributed by atoms with Crippen molar-refractivity contribution in [1.29, 1.82) is 0 Å². The lowest BCUT2D eigenvalue weighted by atomic mass is 10.1. The van der Waals surface area contributed by atoms with Gasteiger partial charge in [0.1, 0.15) is 11.5 Å². The second-order valence-corrected chi connectivity index (χ2v) is 7.10. The zero-order chi connectivity index (χ0) is 22.0. The Labute approximate surface area is 180 Å². The second kappa shape index (κ2) is 8.28. The van der Waals surface area contributed by atoms with E-state index in [2.05, 4.69) is 10.3 Å². The number of carbonyl (C=O) groups is 1. The highest BCUT2D eigenvalue weighted by atomic mass is 35.5. The van der Waals surface area contributed by atoms with Crippen LogP contribution >= 0.6 is 11.6 Å². The molecule has 8 heteroatoms. The van der Waals surface area contributed by atoms with Crippen LogP contribution in [0.4, 0.5) is 18.9 Å². The molecule has 0 saturated heterocycles. The van der Waals surface area contributed by atoms with Crippen molar-refractivity contribution in [3.05, 3.63) is 101 Å². The SMILES string of the molecule is O=C(/C=C\Nc1ccc(Cl)cc1)c1nc(-c2ccc(C(F)(F)F)cc2)n2ccccc12. The standard InChI is InChI=1S/C23H15ClF3N3O/c24-17-8-10-18(11-9-17)28-13-12-20(31)21-19-3-1-2-14-30(19)22(29-21)15-4-6-16(7-5-15)23(25,26)27/h1-14,28H/b13-12-. The summed E-state index contributed by atoms with van der Waals surface area (Å²) in [4.78, 5) is 17.2. The number of hydrogen-bond donors (Lipinski definition) is 1. The van der Waals surface area contributed by atoms with E-state index in [4.69, 9.17) is 11.6 Å². The molecule has 0 unspecified atom stereocenters. The molecule has 0 amide bonds. The minimum Gasteiger partial charge on any atom is -0.362 e. The molecule has 0 spiro atoms. The van der Waals surface area contributed by atoms with Gasteiger partial charge in [0.15, 0.2) is 0 Å². The van der Waals surface area contributed by atoms with Crippen LogP contribution in [0.2, 0.25) is 5.02 Å². The molecular formula is C23H15ClF3N3O. The number of carbonyl (C=O) groups excluding carboxylic acids is 1. The van der Waals surface area contributed by atoms with Crippen LogP contribution in [0, 0.1) is 0 Å². The molecule has 156 valence electrons. The Morgan fingerprint density at radius 1 is 1.00 bits per heavy atom. The molecule has 4 nitrogen and oxygen atoms in total. The number of rotatable bonds is 5. The maximum absolute atomic E-state index is 12.9. The van der Waals surface area contributed by atoms with Gasteiger partial charge in [0.25, 0.3) is 0 Å². The van der Waals surface area contributed by atoms with Crippen LogP contribution in [-0.2, 0) is 6.18 Å². The third-order valence-electron chi connectivity index (χ3n) is 4.58. The summed E-state index contributed by atoms with van der Waals surface area (Å²) in [6.45, 7) is 0. The normalized spacial score (nSPS) is 11.9. The first kappa shape index (κ1) is 20.7. The fourth-order valence-corrected chi connectivity index (χ4v) is 3.20. The minimum atomic E-state index is -4.42. The predicted molar refractivity (Wildman–Crippen MR) is 114 cm³/mol. The van der Waals surface area contributed by atoms with Crippen molar-refractivity contribution in [2.45, 2.75) is 6.18 Å². The summed E-state index contributed by atoms with van der Waals surface area (Å²) in [5.41, 5.74) is 1.23. The average molecular weight is 442 g/mol. The number of aromatic nitrogens is 2. The maximum Gasteiger partial charge on any atom is 0.416 e. The summed E-state index contributed by atoms with van der Waals surface area (Å²) >= 11 is 5.85. The van der Waals surface area contributed by atoms with Crippen LogP contribution in [0.15, 0.2) is 85.2 Å². The summed E-state index contributed by atoms with van der Waals surface area (Å²) < 4.78 is 40.3. The highest BCUT2D eigenvalue weighted by molar-refractivity contribution is 6.30. The number of hydrogen-bond acceptors (Lipinski definition) is 3. The van der Waals surface area contributed by atoms with E-state index in [0.717, 1.165) is 17.8 Å². The second-order valence-electron chi connectivity index (χ2n) is 6.66. The fourth-order valence-electron chi connectivity index (χ4n) is 3.07. The molecule has 0 atom stereocenters. The number of nitrogens with one attached hydrogen (secondary N) is 1. The van der Waals surface area contributed by atoms with Gasteiger partial charge < -0.3 is 5.32 Å². The quantitative estimate of drug-likeness (QED) is 0.285. The van der Waals surface area contributed by atoms with Gasteiger partial charge in [0.05, 0.1) is 11.1 Å². The minimum absolute atomic E-state index is 0.199. The van der Waals surface area contributed by atoms with E-state index in [0.29, 0.717) is 21.9 Å². The number of fused-ring (bicyclic) bond motifs is 1. The van der Waals surface area contributed by atoms with Crippen molar-refractivity contribution < 1.29 is 18.0 Å². The molecule has 2 aromatic carbocycles. The van der Waals surface area contributed by atoms with Crippen LogP contribution in [0.1, 0.15) is 16.1 Å². The zero-order valence-electron chi connectivity index (χ0n) is 15.9. The smallest absolute Gasteiger partial charge is 0.362 e. The lowest BCUT2D eigenvalue weighted by molar-refractivity contribution is -0.137. The molecule has 0 radical (unpaired) electrons. The molecule has 0 aliphatic carbocycles. The van der Waals surface area contributed by atoms with Gasteiger partial charge in [-0.2, -0.15) is 13.2 Å². The number of alkyl halides is 3. The van der Waals surface area contributed by atoms with E-state index in [1.165, 1.54) is 24.4 Å². The molecular weight excluding hydrogens is 427 g/mol. The van der Waals surface area contributed by atoms with Crippen LogP contribution in [-0.4, -0.2) is 15.2 Å².